The number of nitrogens with one attached hydrogen (secondary N) is 1. The summed E-state index contributed by atoms with van der Waals surface area (Å²) in [7, 11) is 0. The van der Waals surface area contributed by atoms with Gasteiger partial charge in [0.1, 0.15) is 0 Å². The molecule has 0 fully saturated rings. The largest absolute Gasteiger partial charge is 0.394 e. The van der Waals surface area contributed by atoms with Crippen molar-refractivity contribution < 1.29 is 15.0 Å². The summed E-state index contributed by atoms with van der Waals surface area (Å²) in [5.41, 5.74) is 2.80. The Morgan fingerprint density at radius 1 is 1.00 bits per heavy atom. The Kier molecular flexibility index (Phi) is 6.32. The first-order valence-corrected chi connectivity index (χ1v) is 7.79. The van der Waals surface area contributed by atoms with Gasteiger partial charge in [0.05, 0.1) is 19.3 Å². The van der Waals surface area contributed by atoms with Crippen LogP contribution in [0.5, 0.6) is 0 Å². The van der Waals surface area contributed by atoms with E-state index in [1.807, 2.05) is 61.5 Å². The van der Waals surface area contributed by atoms with Crippen LogP contribution in [0, 0.1) is 0 Å². The second-order valence-electron chi connectivity index (χ2n) is 5.72. The first-order chi connectivity index (χ1) is 11.1. The topological polar surface area (TPSA) is 69.6 Å². The standard InChI is InChI=1S/C19H23NO3/c1-14(16-9-7-15(12-21)8-10-16)11-19(23)20-18(13-22)17-5-3-2-4-6-17/h2-10,14,18,21-22H,11-13H2,1H3,(H,20,23)/t14?,18-/m1/s1. The Morgan fingerprint density at radius 2 is 1.65 bits per heavy atom. The minimum absolute atomic E-state index is 0.0183. The van der Waals surface area contributed by atoms with E-state index in [1.54, 1.807) is 0 Å². The lowest BCUT2D eigenvalue weighted by Gasteiger charge is -2.18. The van der Waals surface area contributed by atoms with E-state index < -0.39 is 0 Å². The molecule has 0 saturated carbocycles. The lowest BCUT2D eigenvalue weighted by molar-refractivity contribution is -0.122. The van der Waals surface area contributed by atoms with Crippen LogP contribution in [0.15, 0.2) is 54.6 Å². The Bertz CT molecular complexity index is 610. The third-order valence-electron chi connectivity index (χ3n) is 3.94. The predicted octanol–water partition coefficient (Wildman–Crippen LogP) is 2.52. The van der Waals surface area contributed by atoms with Crippen molar-refractivity contribution >= 4 is 5.91 Å². The number of carbonyl (C=O) groups excluding carboxylic acids is 1. The Hall–Kier alpha value is -2.17. The van der Waals surface area contributed by atoms with Gasteiger partial charge < -0.3 is 15.5 Å². The van der Waals surface area contributed by atoms with E-state index in [9.17, 15) is 9.90 Å². The van der Waals surface area contributed by atoms with Gasteiger partial charge in [0.25, 0.3) is 0 Å². The lowest BCUT2D eigenvalue weighted by atomic mass is 9.96. The van der Waals surface area contributed by atoms with Crippen molar-refractivity contribution in [3.05, 3.63) is 71.3 Å². The van der Waals surface area contributed by atoms with E-state index in [0.717, 1.165) is 16.7 Å². The zero-order valence-electron chi connectivity index (χ0n) is 13.3. The first kappa shape index (κ1) is 17.2. The third-order valence-corrected chi connectivity index (χ3v) is 3.94. The number of amides is 1. The highest BCUT2D eigenvalue weighted by Gasteiger charge is 2.16. The van der Waals surface area contributed by atoms with Crippen LogP contribution < -0.4 is 5.32 Å². The number of aliphatic hydroxyl groups is 2. The van der Waals surface area contributed by atoms with Crippen LogP contribution in [-0.4, -0.2) is 22.7 Å². The van der Waals surface area contributed by atoms with Crippen LogP contribution in [-0.2, 0) is 11.4 Å². The van der Waals surface area contributed by atoms with Crippen molar-refractivity contribution in [3.63, 3.8) is 0 Å². The highest BCUT2D eigenvalue weighted by Crippen LogP contribution is 2.20. The quantitative estimate of drug-likeness (QED) is 0.735. The molecule has 0 bridgehead atoms. The summed E-state index contributed by atoms with van der Waals surface area (Å²) in [6, 6.07) is 16.7. The van der Waals surface area contributed by atoms with Gasteiger partial charge in [-0.1, -0.05) is 61.5 Å². The summed E-state index contributed by atoms with van der Waals surface area (Å²) < 4.78 is 0. The van der Waals surface area contributed by atoms with E-state index in [1.165, 1.54) is 0 Å². The maximum Gasteiger partial charge on any atom is 0.221 e. The van der Waals surface area contributed by atoms with Crippen LogP contribution in [0.3, 0.4) is 0 Å². The lowest BCUT2D eigenvalue weighted by Crippen LogP contribution is -2.31. The Balaban J connectivity index is 1.94. The molecular weight excluding hydrogens is 290 g/mol. The molecular formula is C19H23NO3. The van der Waals surface area contributed by atoms with Gasteiger partial charge in [0.2, 0.25) is 5.91 Å². The van der Waals surface area contributed by atoms with Crippen molar-refractivity contribution in [2.24, 2.45) is 0 Å². The summed E-state index contributed by atoms with van der Waals surface area (Å²) in [5, 5.41) is 21.4. The summed E-state index contributed by atoms with van der Waals surface area (Å²) in [4.78, 5) is 12.2. The molecule has 0 spiro atoms. The summed E-state index contributed by atoms with van der Waals surface area (Å²) in [6.07, 6.45) is 0.349. The smallest absolute Gasteiger partial charge is 0.221 e. The van der Waals surface area contributed by atoms with Gasteiger partial charge in [-0.25, -0.2) is 0 Å². The third kappa shape index (κ3) is 4.91. The molecule has 2 rings (SSSR count). The molecule has 4 heteroatoms. The van der Waals surface area contributed by atoms with Crippen LogP contribution in [0.4, 0.5) is 0 Å². The van der Waals surface area contributed by atoms with Crippen LogP contribution >= 0.6 is 0 Å². The highest BCUT2D eigenvalue weighted by molar-refractivity contribution is 5.77. The number of benzene rings is 2. The molecule has 0 saturated heterocycles. The average Bonchev–Trinajstić information content (AvgIpc) is 2.60. The molecule has 4 nitrogen and oxygen atoms in total. The molecule has 3 N–H and O–H groups in total. The molecule has 0 aliphatic carbocycles. The van der Waals surface area contributed by atoms with Crippen molar-refractivity contribution in [2.45, 2.75) is 31.9 Å². The summed E-state index contributed by atoms with van der Waals surface area (Å²) >= 11 is 0. The molecule has 0 heterocycles. The molecule has 2 atom stereocenters. The van der Waals surface area contributed by atoms with E-state index in [0.29, 0.717) is 6.42 Å². The molecule has 23 heavy (non-hydrogen) atoms. The maximum atomic E-state index is 12.2. The number of hydrogen-bond acceptors (Lipinski definition) is 3. The monoisotopic (exact) mass is 313 g/mol. The Labute approximate surface area is 136 Å². The van der Waals surface area contributed by atoms with Crippen LogP contribution in [0.25, 0.3) is 0 Å². The van der Waals surface area contributed by atoms with Crippen molar-refractivity contribution in [1.82, 2.24) is 5.32 Å². The molecule has 0 aromatic heterocycles. The minimum Gasteiger partial charge on any atom is -0.394 e. The number of aliphatic hydroxyl groups excluding tert-OH is 2. The van der Waals surface area contributed by atoms with Gasteiger partial charge in [0.15, 0.2) is 0 Å². The summed E-state index contributed by atoms with van der Waals surface area (Å²) in [6.45, 7) is 1.88. The number of rotatable bonds is 7. The SMILES string of the molecule is CC(CC(=O)N[C@H](CO)c1ccccc1)c1ccc(CO)cc1. The van der Waals surface area contributed by atoms with Crippen LogP contribution in [0.2, 0.25) is 0 Å². The van der Waals surface area contributed by atoms with Crippen molar-refractivity contribution in [1.29, 1.82) is 0 Å². The van der Waals surface area contributed by atoms with Crippen molar-refractivity contribution in [3.8, 4) is 0 Å². The van der Waals surface area contributed by atoms with E-state index in [-0.39, 0.29) is 31.1 Å². The van der Waals surface area contributed by atoms with E-state index >= 15 is 0 Å². The second-order valence-corrected chi connectivity index (χ2v) is 5.72. The fourth-order valence-corrected chi connectivity index (χ4v) is 2.52. The van der Waals surface area contributed by atoms with Gasteiger partial charge in [-0.15, -0.1) is 0 Å². The molecule has 122 valence electrons. The van der Waals surface area contributed by atoms with E-state index in [2.05, 4.69) is 5.32 Å². The normalized spacial score (nSPS) is 13.3. The van der Waals surface area contributed by atoms with Crippen LogP contribution in [0.1, 0.15) is 42.0 Å². The average molecular weight is 313 g/mol. The fraction of sp³-hybridized carbons (Fsp3) is 0.316. The fourth-order valence-electron chi connectivity index (χ4n) is 2.52. The second kappa shape index (κ2) is 8.46. The minimum atomic E-state index is -0.382. The first-order valence-electron chi connectivity index (χ1n) is 7.79. The predicted molar refractivity (Wildman–Crippen MR) is 89.8 cm³/mol. The summed E-state index contributed by atoms with van der Waals surface area (Å²) in [5.74, 6) is -0.0236. The highest BCUT2D eigenvalue weighted by atomic mass is 16.3. The molecule has 1 amide bonds. The van der Waals surface area contributed by atoms with Crippen molar-refractivity contribution in [2.75, 3.05) is 6.61 Å². The maximum absolute atomic E-state index is 12.2. The van der Waals surface area contributed by atoms with Gasteiger partial charge >= 0.3 is 0 Å². The van der Waals surface area contributed by atoms with Gasteiger partial charge in [-0.3, -0.25) is 4.79 Å². The zero-order chi connectivity index (χ0) is 16.7. The molecule has 2 aromatic carbocycles. The van der Waals surface area contributed by atoms with Gasteiger partial charge in [-0.2, -0.15) is 0 Å². The molecule has 2 aromatic rings. The van der Waals surface area contributed by atoms with Gasteiger partial charge in [0, 0.05) is 6.42 Å². The zero-order valence-corrected chi connectivity index (χ0v) is 13.3. The number of carbonyl (C=O) groups is 1. The molecule has 0 aliphatic rings. The Morgan fingerprint density at radius 3 is 2.22 bits per heavy atom. The molecule has 0 radical (unpaired) electrons. The molecule has 0 aliphatic heterocycles. The van der Waals surface area contributed by atoms with Gasteiger partial charge in [-0.05, 0) is 22.6 Å². The molecule has 1 unspecified atom stereocenters. The van der Waals surface area contributed by atoms with E-state index in [4.69, 9.17) is 5.11 Å². The number of hydrogen-bond donors (Lipinski definition) is 3.